The number of hydrogen-bond acceptors (Lipinski definition) is 3. The van der Waals surface area contributed by atoms with Gasteiger partial charge in [0.05, 0.1) is 0 Å². The molecule has 7 heavy (non-hydrogen) atoms. The van der Waals surface area contributed by atoms with Crippen LogP contribution >= 0.6 is 0 Å². The molecule has 0 heterocycles. The predicted molar refractivity (Wildman–Crippen MR) is 30.2 cm³/mol. The Balaban J connectivity index is 3.15. The van der Waals surface area contributed by atoms with Gasteiger partial charge in [-0.25, -0.2) is 5.43 Å². The highest BCUT2D eigenvalue weighted by Crippen LogP contribution is 1.93. The second-order valence-electron chi connectivity index (χ2n) is 2.52. The number of hydrogen-bond donors (Lipinski definition) is 3. The Morgan fingerprint density at radius 2 is 1.71 bits per heavy atom. The minimum atomic E-state index is 0.0642. The van der Waals surface area contributed by atoms with Crippen LogP contribution in [-0.2, 0) is 0 Å². The molecule has 0 radical (unpaired) electrons. The summed E-state index contributed by atoms with van der Waals surface area (Å²) in [6.45, 7) is 6.06. The minimum absolute atomic E-state index is 0.0642. The molecule has 0 saturated heterocycles. The molecule has 0 aliphatic carbocycles. The fourth-order valence-corrected chi connectivity index (χ4v) is 0.217. The molecule has 0 fully saturated rings. The summed E-state index contributed by atoms with van der Waals surface area (Å²) in [5.74, 6) is 4.95. The fraction of sp³-hybridized carbons (Fsp3) is 1.00. The van der Waals surface area contributed by atoms with Gasteiger partial charge in [0.1, 0.15) is 0 Å². The number of nitrogens with two attached hydrogens (primary N) is 1. The third-order valence-electron chi connectivity index (χ3n) is 0.447. The molecule has 0 aromatic rings. The second-order valence-corrected chi connectivity index (χ2v) is 2.52. The van der Waals surface area contributed by atoms with E-state index < -0.39 is 0 Å². The molecule has 0 unspecified atom stereocenters. The first-order valence-electron chi connectivity index (χ1n) is 2.29. The fourth-order valence-electron chi connectivity index (χ4n) is 0.217. The quantitative estimate of drug-likeness (QED) is 0.317. The molecule has 3 nitrogen and oxygen atoms in total. The molecule has 0 aromatic carbocycles. The summed E-state index contributed by atoms with van der Waals surface area (Å²) < 4.78 is 0. The maximum Gasteiger partial charge on any atom is 0.0252 e. The van der Waals surface area contributed by atoms with Crippen LogP contribution in [0.5, 0.6) is 0 Å². The van der Waals surface area contributed by atoms with Crippen molar-refractivity contribution < 1.29 is 0 Å². The van der Waals surface area contributed by atoms with Crippen LogP contribution in [0.15, 0.2) is 0 Å². The summed E-state index contributed by atoms with van der Waals surface area (Å²) in [4.78, 5) is 0. The zero-order valence-electron chi connectivity index (χ0n) is 5.08. The maximum atomic E-state index is 4.95. The normalized spacial score (nSPS) is 12.0. The average Bonchev–Trinajstić information content (AvgIpc) is 1.30. The van der Waals surface area contributed by atoms with Crippen LogP contribution in [0.1, 0.15) is 20.8 Å². The van der Waals surface area contributed by atoms with E-state index in [0.29, 0.717) is 0 Å². The van der Waals surface area contributed by atoms with Crippen molar-refractivity contribution >= 4 is 0 Å². The number of rotatable bonds is 1. The lowest BCUT2D eigenvalue weighted by molar-refractivity contribution is 0.363. The van der Waals surface area contributed by atoms with Gasteiger partial charge in [-0.1, -0.05) is 0 Å². The van der Waals surface area contributed by atoms with Crippen molar-refractivity contribution in [3.8, 4) is 0 Å². The molecule has 4 N–H and O–H groups in total. The van der Waals surface area contributed by atoms with Crippen LogP contribution in [-0.4, -0.2) is 5.54 Å². The Bertz CT molecular complexity index is 45.4. The van der Waals surface area contributed by atoms with E-state index in [-0.39, 0.29) is 5.54 Å². The third-order valence-corrected chi connectivity index (χ3v) is 0.447. The van der Waals surface area contributed by atoms with Gasteiger partial charge in [-0.15, -0.1) is 0 Å². The van der Waals surface area contributed by atoms with E-state index >= 15 is 0 Å². The van der Waals surface area contributed by atoms with Gasteiger partial charge in [-0.05, 0) is 20.8 Å². The molecule has 0 rings (SSSR count). The molecule has 3 heteroatoms. The molecule has 44 valence electrons. The van der Waals surface area contributed by atoms with Gasteiger partial charge in [0.25, 0.3) is 0 Å². The molecule has 0 aliphatic heterocycles. The van der Waals surface area contributed by atoms with Gasteiger partial charge in [0.2, 0.25) is 0 Å². The van der Waals surface area contributed by atoms with Crippen molar-refractivity contribution in [3.05, 3.63) is 0 Å². The summed E-state index contributed by atoms with van der Waals surface area (Å²) in [6.07, 6.45) is 0. The molecule has 0 spiro atoms. The lowest BCUT2D eigenvalue weighted by atomic mass is 10.1. The molecule has 0 bridgehead atoms. The van der Waals surface area contributed by atoms with E-state index in [0.717, 1.165) is 0 Å². The largest absolute Gasteiger partial charge is 0.258 e. The Morgan fingerprint density at radius 3 is 1.71 bits per heavy atom. The molecule has 0 saturated carbocycles. The summed E-state index contributed by atoms with van der Waals surface area (Å²) in [6, 6.07) is 0. The monoisotopic (exact) mass is 103 g/mol. The summed E-state index contributed by atoms with van der Waals surface area (Å²) in [5.41, 5.74) is 5.23. The van der Waals surface area contributed by atoms with Crippen molar-refractivity contribution in [2.45, 2.75) is 26.3 Å². The van der Waals surface area contributed by atoms with Crippen LogP contribution < -0.4 is 16.8 Å². The molecule has 0 aromatic heterocycles. The van der Waals surface area contributed by atoms with E-state index in [9.17, 15) is 0 Å². The Morgan fingerprint density at radius 1 is 1.29 bits per heavy atom. The Hall–Kier alpha value is -0.120. The first-order valence-corrected chi connectivity index (χ1v) is 2.29. The van der Waals surface area contributed by atoms with Crippen molar-refractivity contribution in [2.75, 3.05) is 0 Å². The van der Waals surface area contributed by atoms with Crippen LogP contribution in [0.3, 0.4) is 0 Å². The van der Waals surface area contributed by atoms with Crippen molar-refractivity contribution in [2.24, 2.45) is 5.84 Å². The first-order chi connectivity index (χ1) is 3.06. The SMILES string of the molecule is CC(C)(C)NNN. The molecule has 0 amide bonds. The number of nitrogens with one attached hydrogen (secondary N) is 2. The van der Waals surface area contributed by atoms with E-state index in [1.54, 1.807) is 0 Å². The van der Waals surface area contributed by atoms with Gasteiger partial charge in [0.15, 0.2) is 0 Å². The summed E-state index contributed by atoms with van der Waals surface area (Å²) >= 11 is 0. The minimum Gasteiger partial charge on any atom is -0.258 e. The van der Waals surface area contributed by atoms with Crippen molar-refractivity contribution in [3.63, 3.8) is 0 Å². The smallest absolute Gasteiger partial charge is 0.0252 e. The predicted octanol–water partition coefficient (Wildman–Crippen LogP) is -0.247. The van der Waals surface area contributed by atoms with Gasteiger partial charge in [0, 0.05) is 5.54 Å². The Kier molecular flexibility index (Phi) is 2.22. The zero-order chi connectivity index (χ0) is 5.91. The van der Waals surface area contributed by atoms with Crippen LogP contribution in [0.25, 0.3) is 0 Å². The van der Waals surface area contributed by atoms with E-state index in [4.69, 9.17) is 5.84 Å². The topological polar surface area (TPSA) is 50.1 Å². The van der Waals surface area contributed by atoms with Gasteiger partial charge >= 0.3 is 0 Å². The van der Waals surface area contributed by atoms with Crippen LogP contribution in [0, 0.1) is 0 Å². The average molecular weight is 103 g/mol. The van der Waals surface area contributed by atoms with E-state index in [1.807, 2.05) is 20.8 Å². The van der Waals surface area contributed by atoms with Crippen molar-refractivity contribution in [1.29, 1.82) is 0 Å². The Labute approximate surface area is 44.2 Å². The highest BCUT2D eigenvalue weighted by atomic mass is 15.5. The van der Waals surface area contributed by atoms with Gasteiger partial charge in [-0.3, -0.25) is 5.84 Å². The lowest BCUT2D eigenvalue weighted by Gasteiger charge is -2.18. The van der Waals surface area contributed by atoms with Gasteiger partial charge < -0.3 is 0 Å². The zero-order valence-corrected chi connectivity index (χ0v) is 5.08. The number of hydrazine groups is 2. The highest BCUT2D eigenvalue weighted by molar-refractivity contribution is 4.64. The molecule has 0 atom stereocenters. The van der Waals surface area contributed by atoms with E-state index in [1.165, 1.54) is 0 Å². The highest BCUT2D eigenvalue weighted by Gasteiger charge is 2.04. The van der Waals surface area contributed by atoms with Crippen molar-refractivity contribution in [1.82, 2.24) is 11.0 Å². The standard InChI is InChI=1S/C4H13N3/c1-4(2,3)6-7-5/h6-7H,5H2,1-3H3. The maximum absolute atomic E-state index is 4.95. The summed E-state index contributed by atoms with van der Waals surface area (Å²) in [5, 5.41) is 0. The molecule has 0 aliphatic rings. The molecular weight excluding hydrogens is 90.1 g/mol. The first kappa shape index (κ1) is 6.88. The lowest BCUT2D eigenvalue weighted by Crippen LogP contribution is -2.49. The molecular formula is C4H13N3. The van der Waals surface area contributed by atoms with Crippen LogP contribution in [0.2, 0.25) is 0 Å². The van der Waals surface area contributed by atoms with Crippen LogP contribution in [0.4, 0.5) is 0 Å². The van der Waals surface area contributed by atoms with Gasteiger partial charge in [-0.2, -0.15) is 5.53 Å². The second kappa shape index (κ2) is 2.26. The third kappa shape index (κ3) is 5.88. The van der Waals surface area contributed by atoms with E-state index in [2.05, 4.69) is 11.0 Å². The summed E-state index contributed by atoms with van der Waals surface area (Å²) in [7, 11) is 0.